The molecule has 498 valence electrons. The van der Waals surface area contributed by atoms with Gasteiger partial charge in [0.05, 0.1) is 82.5 Å². The number of alkyl halides is 12. The van der Waals surface area contributed by atoms with Gasteiger partial charge in [0, 0.05) is 25.9 Å². The zero-order chi connectivity index (χ0) is 65.7. The standard InChI is InChI=1S/C36H35F6N3O5.C28H29F6N3O3.2CH4/c1-24(46)18-33(45-23-43-19-31(45)47)13-14-34(28-11-7-4-8-12-28,44(21-33)32(48)49-20-26-9-5-3-6-10-26)22-50-25(2)27-15-29(35(37,38)39)17-30(16-27)36(40,41)42;1-18(38)13-25(37-17-35-14-24(37)39)8-9-26(36-15-25,21-6-4-3-5-7-21)16-40-19(2)20-10-22(27(29,30)31)12-23(11-20)28(32,33)34;;/h3-12,15-17,23,25H,13-14,18-22H2,1-2H3;3-7,10-12,17,19,36H,8-9,13-16H2,1-2H3;2*1H4/t25-,33-,34-;19-,25-,26-;;/m11../s1. The highest BCUT2D eigenvalue weighted by Crippen LogP contribution is 2.48. The van der Waals surface area contributed by atoms with E-state index in [9.17, 15) is 76.7 Å². The molecule has 0 bridgehead atoms. The van der Waals surface area contributed by atoms with Gasteiger partial charge in [0.1, 0.15) is 31.3 Å². The fraction of sp³-hybridized carbons (Fsp3) is 0.439. The number of halogens is 12. The van der Waals surface area contributed by atoms with E-state index < -0.39 is 87.4 Å². The molecule has 6 atom stereocenters. The quantitative estimate of drug-likeness (QED) is 0.0843. The molecule has 92 heavy (non-hydrogen) atoms. The molecular formula is C66H72F12N6O8. The van der Waals surface area contributed by atoms with Crippen LogP contribution >= 0.6 is 0 Å². The summed E-state index contributed by atoms with van der Waals surface area (Å²) in [4.78, 5) is 77.0. The topological polar surface area (TPSA) is 160 Å². The first-order chi connectivity index (χ1) is 42.2. The third-order valence-electron chi connectivity index (χ3n) is 16.7. The number of aliphatic imine (C=N–C) groups is 2. The first-order valence-electron chi connectivity index (χ1n) is 28.5. The minimum absolute atomic E-state index is 0. The van der Waals surface area contributed by atoms with Crippen LogP contribution < -0.4 is 5.32 Å². The smallest absolute Gasteiger partial charge is 0.416 e. The molecular weight excluding hydrogens is 1230 g/mol. The Bertz CT molecular complexity index is 3380. The van der Waals surface area contributed by atoms with Crippen LogP contribution in [0, 0.1) is 0 Å². The van der Waals surface area contributed by atoms with Crippen molar-refractivity contribution >= 4 is 42.2 Å². The van der Waals surface area contributed by atoms with Crippen molar-refractivity contribution in [3.05, 3.63) is 177 Å². The fourth-order valence-electron chi connectivity index (χ4n) is 12.0. The lowest BCUT2D eigenvalue weighted by atomic mass is 9.72. The van der Waals surface area contributed by atoms with Gasteiger partial charge in [-0.15, -0.1) is 0 Å². The number of piperidine rings is 2. The second-order valence-electron chi connectivity index (χ2n) is 23.1. The third-order valence-corrected chi connectivity index (χ3v) is 16.7. The minimum atomic E-state index is -5.06. The number of nitrogens with zero attached hydrogens (tertiary/aromatic N) is 5. The number of rotatable bonds is 18. The maximum absolute atomic E-state index is 14.2. The Labute approximate surface area is 525 Å². The zero-order valence-electron chi connectivity index (χ0n) is 49.2. The van der Waals surface area contributed by atoms with Gasteiger partial charge in [0.15, 0.2) is 0 Å². The number of ketones is 2. The van der Waals surface area contributed by atoms with E-state index in [1.165, 1.54) is 55.1 Å². The molecule has 2 fully saturated rings. The van der Waals surface area contributed by atoms with Gasteiger partial charge in [-0.05, 0) is 118 Å². The van der Waals surface area contributed by atoms with Crippen LogP contribution in [0.1, 0.15) is 143 Å². The van der Waals surface area contributed by atoms with Gasteiger partial charge in [-0.25, -0.2) is 4.79 Å². The highest BCUT2D eigenvalue weighted by Gasteiger charge is 2.56. The summed E-state index contributed by atoms with van der Waals surface area (Å²) in [7, 11) is 0. The van der Waals surface area contributed by atoms with Gasteiger partial charge in [0.25, 0.3) is 0 Å². The lowest BCUT2D eigenvalue weighted by molar-refractivity contribution is -0.145. The van der Waals surface area contributed by atoms with E-state index in [2.05, 4.69) is 15.3 Å². The van der Waals surface area contributed by atoms with Crippen molar-refractivity contribution in [2.45, 2.75) is 147 Å². The molecule has 9 rings (SSSR count). The highest BCUT2D eigenvalue weighted by atomic mass is 19.4. The lowest BCUT2D eigenvalue weighted by Gasteiger charge is -2.55. The Morgan fingerprint density at radius 3 is 1.35 bits per heavy atom. The number of likely N-dealkylation sites (tertiary alicyclic amines) is 1. The second kappa shape index (κ2) is 28.9. The van der Waals surface area contributed by atoms with Crippen molar-refractivity contribution in [1.82, 2.24) is 20.0 Å². The molecule has 4 aliphatic heterocycles. The summed E-state index contributed by atoms with van der Waals surface area (Å²) in [6.07, 6.45) is -19.5. The summed E-state index contributed by atoms with van der Waals surface area (Å²) >= 11 is 0. The summed E-state index contributed by atoms with van der Waals surface area (Å²) in [5.41, 5.74) is -8.76. The zero-order valence-corrected chi connectivity index (χ0v) is 49.2. The van der Waals surface area contributed by atoms with Crippen molar-refractivity contribution in [1.29, 1.82) is 0 Å². The molecule has 14 nitrogen and oxygen atoms in total. The molecule has 0 aliphatic carbocycles. The van der Waals surface area contributed by atoms with Crippen LogP contribution in [0.25, 0.3) is 0 Å². The molecule has 0 unspecified atom stereocenters. The van der Waals surface area contributed by atoms with Crippen LogP contribution in [0.15, 0.2) is 137 Å². The van der Waals surface area contributed by atoms with E-state index in [4.69, 9.17) is 14.2 Å². The predicted molar refractivity (Wildman–Crippen MR) is 318 cm³/mol. The number of Topliss-reactive ketones (excluding diaryl/α,β-unsaturated/α-hetero) is 2. The molecule has 0 spiro atoms. The molecule has 0 radical (unpaired) electrons. The largest absolute Gasteiger partial charge is 0.445 e. The van der Waals surface area contributed by atoms with Gasteiger partial charge in [0.2, 0.25) is 11.8 Å². The Morgan fingerprint density at radius 1 is 0.543 bits per heavy atom. The Hall–Kier alpha value is -7.97. The summed E-state index contributed by atoms with van der Waals surface area (Å²) in [6.45, 7) is 4.75. The monoisotopic (exact) mass is 1300 g/mol. The van der Waals surface area contributed by atoms with E-state index in [-0.39, 0.29) is 133 Å². The maximum Gasteiger partial charge on any atom is 0.416 e. The molecule has 2 saturated heterocycles. The number of ether oxygens (including phenoxy) is 3. The maximum atomic E-state index is 14.2. The molecule has 1 N–H and O–H groups in total. The third kappa shape index (κ3) is 16.8. The molecule has 3 amide bonds. The Balaban J connectivity index is 0.000000293. The summed E-state index contributed by atoms with van der Waals surface area (Å²) in [6, 6.07) is 29.2. The number of amides is 3. The van der Waals surface area contributed by atoms with E-state index >= 15 is 0 Å². The van der Waals surface area contributed by atoms with Crippen LogP contribution in [-0.4, -0.2) is 107 Å². The minimum Gasteiger partial charge on any atom is -0.445 e. The van der Waals surface area contributed by atoms with Crippen molar-refractivity contribution in [3.8, 4) is 0 Å². The summed E-state index contributed by atoms with van der Waals surface area (Å²) in [5, 5.41) is 3.43. The number of carbonyl (C=O) groups excluding carboxylic acids is 5. The van der Waals surface area contributed by atoms with Crippen LogP contribution in [0.2, 0.25) is 0 Å². The van der Waals surface area contributed by atoms with Crippen molar-refractivity contribution in [3.63, 3.8) is 0 Å². The van der Waals surface area contributed by atoms with Crippen LogP contribution in [0.4, 0.5) is 57.5 Å². The Kier molecular flexibility index (Phi) is 23.0. The fourth-order valence-corrected chi connectivity index (χ4v) is 12.0. The summed E-state index contributed by atoms with van der Waals surface area (Å²) in [5.74, 6) is -0.967. The van der Waals surface area contributed by atoms with E-state index in [1.54, 1.807) is 72.8 Å². The van der Waals surface area contributed by atoms with E-state index in [0.29, 0.717) is 48.2 Å². The molecule has 5 aromatic rings. The first kappa shape index (κ1) is 73.1. The number of benzene rings is 5. The highest BCUT2D eigenvalue weighted by molar-refractivity contribution is 5.96. The number of hydrogen-bond acceptors (Lipinski definition) is 11. The van der Waals surface area contributed by atoms with E-state index in [0.717, 1.165) is 5.56 Å². The van der Waals surface area contributed by atoms with Gasteiger partial charge >= 0.3 is 30.8 Å². The average Bonchev–Trinajstić information content (AvgIpc) is 0.996. The second-order valence-corrected chi connectivity index (χ2v) is 23.1. The van der Waals surface area contributed by atoms with Gasteiger partial charge < -0.3 is 19.5 Å². The van der Waals surface area contributed by atoms with Crippen LogP contribution in [0.3, 0.4) is 0 Å². The molecule has 0 saturated carbocycles. The normalized spacial score (nSPS) is 22.4. The van der Waals surface area contributed by atoms with Crippen molar-refractivity contribution < 1.29 is 90.9 Å². The Morgan fingerprint density at radius 2 is 0.946 bits per heavy atom. The average molecular weight is 1310 g/mol. The number of hydrogen-bond donors (Lipinski definition) is 1. The molecule has 4 aliphatic rings. The van der Waals surface area contributed by atoms with Crippen LogP contribution in [0.5, 0.6) is 0 Å². The molecule has 0 aromatic heterocycles. The van der Waals surface area contributed by atoms with Gasteiger partial charge in [-0.1, -0.05) is 106 Å². The van der Waals surface area contributed by atoms with Gasteiger partial charge in [-0.3, -0.25) is 43.9 Å². The van der Waals surface area contributed by atoms with Crippen molar-refractivity contribution in [2.24, 2.45) is 9.98 Å². The predicted octanol–water partition coefficient (Wildman–Crippen LogP) is 14.7. The van der Waals surface area contributed by atoms with E-state index in [1.807, 2.05) is 18.2 Å². The van der Waals surface area contributed by atoms with Gasteiger partial charge in [-0.2, -0.15) is 52.7 Å². The number of nitrogens with one attached hydrogen (secondary N) is 1. The molecule has 4 heterocycles. The summed E-state index contributed by atoms with van der Waals surface area (Å²) < 4.78 is 180. The molecule has 5 aromatic carbocycles. The number of carbonyl (C=O) groups is 5. The molecule has 26 heteroatoms. The van der Waals surface area contributed by atoms with Crippen LogP contribution in [-0.2, 0) is 75.8 Å². The lowest BCUT2D eigenvalue weighted by Crippen LogP contribution is -2.67. The van der Waals surface area contributed by atoms with Crippen molar-refractivity contribution in [2.75, 3.05) is 39.4 Å². The first-order valence-corrected chi connectivity index (χ1v) is 28.5. The SMILES string of the molecule is C.C.CC(=O)C[C@]1(N2C=NCC2=O)CC[C@@](CO[C@H](C)c2cc(C(F)(F)F)cc(C(F)(F)F)c2)(c2ccccc2)N(C(=O)OCc2ccccc2)C1.CC(=O)C[C@]1(N2C=NCC2=O)CC[C@@](CO[C@H](C)c2cc(C(F)(F)F)cc(C(F)(F)F)c2)(c2ccccc2)NC1.